The van der Waals surface area contributed by atoms with Crippen molar-refractivity contribution in [1.82, 2.24) is 0 Å². The predicted molar refractivity (Wildman–Crippen MR) is 68.3 cm³/mol. The number of hydrogen-bond acceptors (Lipinski definition) is 5. The summed E-state index contributed by atoms with van der Waals surface area (Å²) >= 11 is 0. The van der Waals surface area contributed by atoms with Crippen LogP contribution in [-0.2, 0) is 9.47 Å². The Bertz CT molecular complexity index is 341. The highest BCUT2D eigenvalue weighted by atomic mass is 16.6. The largest absolute Gasteiger partial charge is 0.391 e. The standard InChI is InChI=1S/C14H23NO4/c1-8(7-15)5-10-3-4-11-12(18-10)6-13(19-11)14(17)9(2)16/h8-14,16-17H,3-6H2,1-2H3/t8-,9-,10?,11?,12?,13-,14-/m1/s1. The number of fused-ring (bicyclic) bond motifs is 1. The van der Waals surface area contributed by atoms with Crippen LogP contribution in [0, 0.1) is 17.2 Å². The third-order valence-electron chi connectivity index (χ3n) is 4.08. The fourth-order valence-electron chi connectivity index (χ4n) is 2.96. The Kier molecular flexibility index (Phi) is 4.80. The zero-order chi connectivity index (χ0) is 14.0. The van der Waals surface area contributed by atoms with Gasteiger partial charge in [0.05, 0.1) is 36.6 Å². The van der Waals surface area contributed by atoms with Crippen LogP contribution in [0.5, 0.6) is 0 Å². The van der Waals surface area contributed by atoms with Crippen LogP contribution in [-0.4, -0.2) is 46.8 Å². The van der Waals surface area contributed by atoms with Gasteiger partial charge in [-0.25, -0.2) is 0 Å². The maximum atomic E-state index is 9.85. The second-order valence-corrected chi connectivity index (χ2v) is 5.82. The first kappa shape index (κ1) is 14.7. The van der Waals surface area contributed by atoms with Gasteiger partial charge in [-0.05, 0) is 33.1 Å². The molecular weight excluding hydrogens is 246 g/mol. The molecule has 0 aromatic carbocycles. The van der Waals surface area contributed by atoms with E-state index in [2.05, 4.69) is 6.07 Å². The van der Waals surface area contributed by atoms with Gasteiger partial charge in [0.1, 0.15) is 6.10 Å². The maximum absolute atomic E-state index is 9.85. The van der Waals surface area contributed by atoms with Crippen LogP contribution in [0.15, 0.2) is 0 Å². The quantitative estimate of drug-likeness (QED) is 0.795. The van der Waals surface area contributed by atoms with Gasteiger partial charge < -0.3 is 19.7 Å². The highest BCUT2D eigenvalue weighted by Crippen LogP contribution is 2.35. The van der Waals surface area contributed by atoms with Crippen molar-refractivity contribution in [3.05, 3.63) is 0 Å². The van der Waals surface area contributed by atoms with Gasteiger partial charge in [0.15, 0.2) is 0 Å². The Labute approximate surface area is 114 Å². The van der Waals surface area contributed by atoms with Crippen molar-refractivity contribution in [2.24, 2.45) is 5.92 Å². The van der Waals surface area contributed by atoms with Crippen molar-refractivity contribution in [3.8, 4) is 6.07 Å². The van der Waals surface area contributed by atoms with Crippen molar-refractivity contribution < 1.29 is 19.7 Å². The van der Waals surface area contributed by atoms with Crippen molar-refractivity contribution in [1.29, 1.82) is 5.26 Å². The molecule has 2 N–H and O–H groups in total. The molecule has 0 bridgehead atoms. The van der Waals surface area contributed by atoms with Gasteiger partial charge in [-0.3, -0.25) is 0 Å². The minimum Gasteiger partial charge on any atom is -0.391 e. The molecule has 0 amide bonds. The minimum atomic E-state index is -0.856. The van der Waals surface area contributed by atoms with E-state index in [1.54, 1.807) is 6.92 Å². The highest BCUT2D eigenvalue weighted by Gasteiger charge is 2.43. The second-order valence-electron chi connectivity index (χ2n) is 5.82. The molecule has 2 aliphatic rings. The maximum Gasteiger partial charge on any atom is 0.106 e. The van der Waals surface area contributed by atoms with E-state index in [0.717, 1.165) is 19.3 Å². The summed E-state index contributed by atoms with van der Waals surface area (Å²) in [6.07, 6.45) is 1.29. The lowest BCUT2D eigenvalue weighted by atomic mass is 9.94. The average molecular weight is 269 g/mol. The third kappa shape index (κ3) is 3.46. The van der Waals surface area contributed by atoms with E-state index in [-0.39, 0.29) is 30.3 Å². The lowest BCUT2D eigenvalue weighted by molar-refractivity contribution is -0.118. The normalized spacial score (nSPS) is 39.1. The van der Waals surface area contributed by atoms with Crippen LogP contribution >= 0.6 is 0 Å². The van der Waals surface area contributed by atoms with Crippen molar-refractivity contribution >= 4 is 0 Å². The lowest BCUT2D eigenvalue weighted by Crippen LogP contribution is -2.36. The first-order chi connectivity index (χ1) is 9.01. The Morgan fingerprint density at radius 2 is 1.95 bits per heavy atom. The first-order valence-corrected chi connectivity index (χ1v) is 7.08. The fraction of sp³-hybridized carbons (Fsp3) is 0.929. The second kappa shape index (κ2) is 6.19. The Balaban J connectivity index is 1.87. The molecule has 2 heterocycles. The van der Waals surface area contributed by atoms with E-state index in [9.17, 15) is 10.2 Å². The number of nitrogens with zero attached hydrogens (tertiary/aromatic N) is 1. The molecule has 5 heteroatoms. The zero-order valence-corrected chi connectivity index (χ0v) is 11.5. The van der Waals surface area contributed by atoms with E-state index < -0.39 is 12.2 Å². The van der Waals surface area contributed by atoms with Crippen molar-refractivity contribution in [3.63, 3.8) is 0 Å². The number of nitriles is 1. The van der Waals surface area contributed by atoms with Gasteiger partial charge in [0.2, 0.25) is 0 Å². The number of hydrogen-bond donors (Lipinski definition) is 2. The summed E-state index contributed by atoms with van der Waals surface area (Å²) in [7, 11) is 0. The van der Waals surface area contributed by atoms with Gasteiger partial charge in [-0.1, -0.05) is 0 Å². The van der Waals surface area contributed by atoms with Crippen molar-refractivity contribution in [2.45, 2.75) is 76.2 Å². The highest BCUT2D eigenvalue weighted by molar-refractivity contribution is 4.93. The molecule has 0 saturated carbocycles. The Hall–Kier alpha value is -0.670. The molecule has 2 saturated heterocycles. The van der Waals surface area contributed by atoms with Crippen LogP contribution in [0.25, 0.3) is 0 Å². The van der Waals surface area contributed by atoms with Crippen LogP contribution in [0.3, 0.4) is 0 Å². The third-order valence-corrected chi connectivity index (χ3v) is 4.08. The minimum absolute atomic E-state index is 0.00252. The summed E-state index contributed by atoms with van der Waals surface area (Å²) in [4.78, 5) is 0. The molecule has 0 spiro atoms. The molecule has 5 nitrogen and oxygen atoms in total. The Morgan fingerprint density at radius 1 is 1.21 bits per heavy atom. The molecule has 2 aliphatic heterocycles. The molecule has 0 aromatic rings. The van der Waals surface area contributed by atoms with Crippen LogP contribution in [0.1, 0.15) is 39.5 Å². The smallest absolute Gasteiger partial charge is 0.106 e. The molecule has 7 atom stereocenters. The van der Waals surface area contributed by atoms with Gasteiger partial charge >= 0.3 is 0 Å². The number of ether oxygens (including phenoxy) is 2. The van der Waals surface area contributed by atoms with Gasteiger partial charge in [0.25, 0.3) is 0 Å². The number of rotatable bonds is 4. The molecule has 2 fully saturated rings. The average Bonchev–Trinajstić information content (AvgIpc) is 2.80. The summed E-state index contributed by atoms with van der Waals surface area (Å²) in [5.41, 5.74) is 0. The van der Waals surface area contributed by atoms with Gasteiger partial charge in [-0.2, -0.15) is 5.26 Å². The topological polar surface area (TPSA) is 82.7 Å². The zero-order valence-electron chi connectivity index (χ0n) is 11.5. The molecular formula is C14H23NO4. The summed E-state index contributed by atoms with van der Waals surface area (Å²) in [5, 5.41) is 28.1. The molecule has 0 aliphatic carbocycles. The lowest BCUT2D eigenvalue weighted by Gasteiger charge is -2.31. The summed E-state index contributed by atoms with van der Waals surface area (Å²) < 4.78 is 11.7. The summed E-state index contributed by atoms with van der Waals surface area (Å²) in [6, 6.07) is 2.23. The SMILES string of the molecule is C[C@@H](C#N)CC1CCC2O[C@@H]([C@H](O)[C@@H](C)O)CC2O1. The van der Waals surface area contributed by atoms with E-state index >= 15 is 0 Å². The Morgan fingerprint density at radius 3 is 2.58 bits per heavy atom. The molecule has 0 radical (unpaired) electrons. The fourth-order valence-corrected chi connectivity index (χ4v) is 2.96. The molecule has 3 unspecified atom stereocenters. The van der Waals surface area contributed by atoms with Gasteiger partial charge in [-0.15, -0.1) is 0 Å². The monoisotopic (exact) mass is 269 g/mol. The number of aliphatic hydroxyl groups is 2. The molecule has 19 heavy (non-hydrogen) atoms. The van der Waals surface area contributed by atoms with E-state index in [1.165, 1.54) is 0 Å². The van der Waals surface area contributed by atoms with Crippen LogP contribution < -0.4 is 0 Å². The van der Waals surface area contributed by atoms with Crippen molar-refractivity contribution in [2.75, 3.05) is 0 Å². The van der Waals surface area contributed by atoms with Gasteiger partial charge in [0, 0.05) is 12.3 Å². The first-order valence-electron chi connectivity index (χ1n) is 7.08. The van der Waals surface area contributed by atoms with Crippen LogP contribution in [0.4, 0.5) is 0 Å². The molecule has 108 valence electrons. The summed E-state index contributed by atoms with van der Waals surface area (Å²) in [5.74, 6) is 0.00252. The van der Waals surface area contributed by atoms with E-state index in [0.29, 0.717) is 6.42 Å². The van der Waals surface area contributed by atoms with E-state index in [1.807, 2.05) is 6.92 Å². The molecule has 0 aromatic heterocycles. The number of aliphatic hydroxyl groups excluding tert-OH is 2. The molecule has 2 rings (SSSR count). The summed E-state index contributed by atoms with van der Waals surface area (Å²) in [6.45, 7) is 3.47. The van der Waals surface area contributed by atoms with Crippen LogP contribution in [0.2, 0.25) is 0 Å². The predicted octanol–water partition coefficient (Wildman–Crippen LogP) is 0.983. The van der Waals surface area contributed by atoms with E-state index in [4.69, 9.17) is 14.7 Å².